The first kappa shape index (κ1) is 23.2. The van der Waals surface area contributed by atoms with E-state index in [1.54, 1.807) is 13.8 Å². The maximum absolute atomic E-state index is 12.9. The summed E-state index contributed by atoms with van der Waals surface area (Å²) in [5.41, 5.74) is -0.128. The van der Waals surface area contributed by atoms with Crippen LogP contribution in [0.5, 0.6) is 0 Å². The van der Waals surface area contributed by atoms with Crippen molar-refractivity contribution in [1.82, 2.24) is 14.8 Å². The summed E-state index contributed by atoms with van der Waals surface area (Å²) in [6.45, 7) is 4.31. The van der Waals surface area contributed by atoms with E-state index in [1.807, 2.05) is 0 Å². The van der Waals surface area contributed by atoms with Gasteiger partial charge in [0.15, 0.2) is 0 Å². The van der Waals surface area contributed by atoms with Crippen molar-refractivity contribution in [2.75, 3.05) is 32.8 Å². The minimum Gasteiger partial charge on any atom is -0.462 e. The van der Waals surface area contributed by atoms with Gasteiger partial charge in [-0.25, -0.2) is 9.78 Å². The molecule has 32 heavy (non-hydrogen) atoms. The molecule has 0 spiro atoms. The molecular formula is C22H22F3N3O4. The summed E-state index contributed by atoms with van der Waals surface area (Å²) < 4.78 is 43.7. The highest BCUT2D eigenvalue weighted by molar-refractivity contribution is 5.96. The lowest BCUT2D eigenvalue weighted by atomic mass is 10.1. The van der Waals surface area contributed by atoms with Gasteiger partial charge in [0.1, 0.15) is 5.69 Å². The summed E-state index contributed by atoms with van der Waals surface area (Å²) >= 11 is 0. The zero-order chi connectivity index (χ0) is 23.5. The zero-order valence-corrected chi connectivity index (χ0v) is 17.6. The van der Waals surface area contributed by atoms with Crippen molar-refractivity contribution in [2.24, 2.45) is 0 Å². The Morgan fingerprint density at radius 3 is 2.19 bits per heavy atom. The third kappa shape index (κ3) is 5.06. The largest absolute Gasteiger partial charge is 0.462 e. The van der Waals surface area contributed by atoms with Gasteiger partial charge >= 0.3 is 12.1 Å². The first-order chi connectivity index (χ1) is 15.1. The molecule has 1 aliphatic heterocycles. The third-order valence-electron chi connectivity index (χ3n) is 5.09. The van der Waals surface area contributed by atoms with Crippen molar-refractivity contribution in [3.05, 3.63) is 64.5 Å². The number of esters is 1. The van der Waals surface area contributed by atoms with Crippen molar-refractivity contribution in [3.63, 3.8) is 0 Å². The van der Waals surface area contributed by atoms with Gasteiger partial charge in [-0.05, 0) is 44.2 Å². The van der Waals surface area contributed by atoms with Crippen molar-refractivity contribution < 1.29 is 32.3 Å². The van der Waals surface area contributed by atoms with Crippen LogP contribution in [0.4, 0.5) is 13.2 Å². The molecule has 7 nitrogen and oxygen atoms in total. The molecule has 0 N–H and O–H groups in total. The summed E-state index contributed by atoms with van der Waals surface area (Å²) in [4.78, 5) is 44.4. The van der Waals surface area contributed by atoms with Crippen LogP contribution >= 0.6 is 0 Å². The van der Waals surface area contributed by atoms with E-state index in [0.29, 0.717) is 5.69 Å². The van der Waals surface area contributed by atoms with Crippen LogP contribution in [-0.2, 0) is 10.9 Å². The Kier molecular flexibility index (Phi) is 6.81. The number of carbonyl (C=O) groups excluding carboxylic acids is 3. The standard InChI is InChI=1S/C22H22F3N3O4/c1-3-32-21(31)17-7-8-18(26-14(17)2)20(30)28-11-9-27(10-12-28)19(29)15-5-4-6-16(13-15)22(23,24)25/h4-8,13H,3,9-12H2,1-2H3. The number of benzene rings is 1. The van der Waals surface area contributed by atoms with E-state index >= 15 is 0 Å². The number of halogens is 3. The van der Waals surface area contributed by atoms with Crippen molar-refractivity contribution in [2.45, 2.75) is 20.0 Å². The van der Waals surface area contributed by atoms with E-state index in [1.165, 1.54) is 34.1 Å². The van der Waals surface area contributed by atoms with E-state index in [9.17, 15) is 27.6 Å². The number of ether oxygens (including phenoxy) is 1. The Morgan fingerprint density at radius 1 is 1.00 bits per heavy atom. The first-order valence-corrected chi connectivity index (χ1v) is 10.0. The molecular weight excluding hydrogens is 427 g/mol. The predicted octanol–water partition coefficient (Wildman–Crippen LogP) is 3.18. The SMILES string of the molecule is CCOC(=O)c1ccc(C(=O)N2CCN(C(=O)c3cccc(C(F)(F)F)c3)CC2)nc1C. The van der Waals surface area contributed by atoms with Crippen LogP contribution in [0.2, 0.25) is 0 Å². The normalized spacial score (nSPS) is 14.3. The minimum atomic E-state index is -4.53. The molecule has 0 unspecified atom stereocenters. The van der Waals surface area contributed by atoms with Gasteiger partial charge in [0.2, 0.25) is 0 Å². The van der Waals surface area contributed by atoms with Crippen LogP contribution in [0.1, 0.15) is 49.4 Å². The van der Waals surface area contributed by atoms with E-state index in [2.05, 4.69) is 4.98 Å². The number of carbonyl (C=O) groups is 3. The van der Waals surface area contributed by atoms with Crippen molar-refractivity contribution in [1.29, 1.82) is 0 Å². The first-order valence-electron chi connectivity index (χ1n) is 10.0. The maximum Gasteiger partial charge on any atom is 0.416 e. The Morgan fingerprint density at radius 2 is 1.62 bits per heavy atom. The van der Waals surface area contributed by atoms with Gasteiger partial charge in [-0.3, -0.25) is 9.59 Å². The molecule has 1 aromatic carbocycles. The molecule has 1 aromatic heterocycles. The molecule has 0 saturated carbocycles. The quantitative estimate of drug-likeness (QED) is 0.670. The molecule has 2 heterocycles. The van der Waals surface area contributed by atoms with E-state index < -0.39 is 23.6 Å². The number of amides is 2. The van der Waals surface area contributed by atoms with Crippen molar-refractivity contribution >= 4 is 17.8 Å². The molecule has 0 atom stereocenters. The number of aryl methyl sites for hydroxylation is 1. The summed E-state index contributed by atoms with van der Waals surface area (Å²) in [5, 5.41) is 0. The minimum absolute atomic E-state index is 0.0496. The smallest absolute Gasteiger partial charge is 0.416 e. The molecule has 2 amide bonds. The third-order valence-corrected chi connectivity index (χ3v) is 5.09. The van der Waals surface area contributed by atoms with Gasteiger partial charge in [-0.2, -0.15) is 13.2 Å². The molecule has 170 valence electrons. The zero-order valence-electron chi connectivity index (χ0n) is 17.6. The number of hydrogen-bond acceptors (Lipinski definition) is 5. The summed E-state index contributed by atoms with van der Waals surface area (Å²) in [6, 6.07) is 7.21. The van der Waals surface area contributed by atoms with Gasteiger partial charge < -0.3 is 14.5 Å². The predicted molar refractivity (Wildman–Crippen MR) is 108 cm³/mol. The molecule has 1 aliphatic rings. The van der Waals surface area contributed by atoms with Gasteiger partial charge in [-0.1, -0.05) is 6.07 Å². The topological polar surface area (TPSA) is 79.8 Å². The average molecular weight is 449 g/mol. The Labute approximate surface area is 182 Å². The molecule has 10 heteroatoms. The van der Waals surface area contributed by atoms with Crippen LogP contribution in [0, 0.1) is 6.92 Å². The second-order valence-corrected chi connectivity index (χ2v) is 7.21. The molecule has 0 aliphatic carbocycles. The van der Waals surface area contributed by atoms with Gasteiger partial charge in [0.25, 0.3) is 11.8 Å². The Bertz CT molecular complexity index is 1030. The van der Waals surface area contributed by atoms with Gasteiger partial charge in [0.05, 0.1) is 23.4 Å². The van der Waals surface area contributed by atoms with E-state index in [4.69, 9.17) is 4.74 Å². The van der Waals surface area contributed by atoms with Crippen LogP contribution in [0.15, 0.2) is 36.4 Å². The average Bonchev–Trinajstić information content (AvgIpc) is 2.77. The number of rotatable bonds is 4. The fourth-order valence-corrected chi connectivity index (χ4v) is 3.39. The molecule has 3 rings (SSSR count). The molecule has 0 bridgehead atoms. The highest BCUT2D eigenvalue weighted by Crippen LogP contribution is 2.29. The fourth-order valence-electron chi connectivity index (χ4n) is 3.39. The van der Waals surface area contributed by atoms with Crippen LogP contribution in [-0.4, -0.2) is 65.4 Å². The number of pyridine rings is 1. The lowest BCUT2D eigenvalue weighted by molar-refractivity contribution is -0.137. The highest BCUT2D eigenvalue weighted by Gasteiger charge is 2.32. The number of aromatic nitrogens is 1. The Balaban J connectivity index is 1.64. The second kappa shape index (κ2) is 9.37. The van der Waals surface area contributed by atoms with E-state index in [0.717, 1.165) is 12.1 Å². The second-order valence-electron chi connectivity index (χ2n) is 7.21. The van der Waals surface area contributed by atoms with Gasteiger partial charge in [-0.15, -0.1) is 0 Å². The summed E-state index contributed by atoms with van der Waals surface area (Å²) in [5.74, 6) is -1.39. The molecule has 1 fully saturated rings. The summed E-state index contributed by atoms with van der Waals surface area (Å²) in [7, 11) is 0. The number of alkyl halides is 3. The maximum atomic E-state index is 12.9. The lowest BCUT2D eigenvalue weighted by Gasteiger charge is -2.34. The monoisotopic (exact) mass is 449 g/mol. The number of hydrogen-bond donors (Lipinski definition) is 0. The number of nitrogens with zero attached hydrogens (tertiary/aromatic N) is 3. The van der Waals surface area contributed by atoms with Crippen LogP contribution < -0.4 is 0 Å². The van der Waals surface area contributed by atoms with Crippen LogP contribution in [0.25, 0.3) is 0 Å². The molecule has 0 radical (unpaired) electrons. The van der Waals surface area contributed by atoms with Crippen LogP contribution in [0.3, 0.4) is 0 Å². The van der Waals surface area contributed by atoms with Gasteiger partial charge in [0, 0.05) is 31.7 Å². The molecule has 1 saturated heterocycles. The number of piperazine rings is 1. The highest BCUT2D eigenvalue weighted by atomic mass is 19.4. The Hall–Kier alpha value is -3.43. The fraction of sp³-hybridized carbons (Fsp3) is 0.364. The molecule has 2 aromatic rings. The van der Waals surface area contributed by atoms with E-state index in [-0.39, 0.29) is 55.5 Å². The summed E-state index contributed by atoms with van der Waals surface area (Å²) in [6.07, 6.45) is -4.53. The lowest BCUT2D eigenvalue weighted by Crippen LogP contribution is -2.50. The van der Waals surface area contributed by atoms with Crippen molar-refractivity contribution in [3.8, 4) is 0 Å².